The summed E-state index contributed by atoms with van der Waals surface area (Å²) in [5.74, 6) is 1.31. The zero-order chi connectivity index (χ0) is 21.2. The van der Waals surface area contributed by atoms with Crippen LogP contribution in [0.1, 0.15) is 46.6 Å². The minimum absolute atomic E-state index is 0. The standard InChI is InChI=1S/C11H17.C9H7.C8H8.2ClH.Zr/c1-8(2)10-6-5-7-11(10)9(3)4;1-2-5-9-7-3-6-8(9)4-1;1-2-8-6-4-3-5-7-8;;;/h6,8-9H,5H2,1-4H3;1-7H;3-7H,1H3;2*1H;/q2*-1;;;;+2/p-2. The molecule has 0 bridgehead atoms. The molecule has 0 nitrogen and oxygen atoms in total. The molecule has 164 valence electrons. The molecule has 0 saturated heterocycles. The molecule has 0 N–H and O–H groups in total. The van der Waals surface area contributed by atoms with Gasteiger partial charge in [-0.25, -0.2) is 5.57 Å². The summed E-state index contributed by atoms with van der Waals surface area (Å²) in [6.45, 7) is 11.1. The minimum Gasteiger partial charge on any atom is -1.00 e. The first-order valence-electron chi connectivity index (χ1n) is 10.4. The van der Waals surface area contributed by atoms with Crippen LogP contribution in [0.3, 0.4) is 0 Å². The Kier molecular flexibility index (Phi) is 15.1. The number of hydrogen-bond acceptors (Lipinski definition) is 0. The van der Waals surface area contributed by atoms with Crippen molar-refractivity contribution in [1.29, 1.82) is 0 Å². The summed E-state index contributed by atoms with van der Waals surface area (Å²) in [7, 11) is 0. The fourth-order valence-corrected chi connectivity index (χ4v) is 3.73. The van der Waals surface area contributed by atoms with Crippen LogP contribution < -0.4 is 24.8 Å². The van der Waals surface area contributed by atoms with Crippen LogP contribution >= 0.6 is 0 Å². The number of benzene rings is 2. The molecule has 0 fully saturated rings. The molecular formula is C28H32Cl2Zr-2. The zero-order valence-corrected chi connectivity index (χ0v) is 23.1. The topological polar surface area (TPSA) is 0 Å². The van der Waals surface area contributed by atoms with Gasteiger partial charge in [-0.05, 0) is 0 Å². The average Bonchev–Trinajstić information content (AvgIpc) is 3.39. The van der Waals surface area contributed by atoms with Gasteiger partial charge in [-0.15, -0.1) is 36.1 Å². The van der Waals surface area contributed by atoms with E-state index in [1.807, 2.05) is 6.07 Å². The van der Waals surface area contributed by atoms with Crippen molar-refractivity contribution >= 4 is 14.0 Å². The maximum absolute atomic E-state index is 3.41. The molecule has 0 unspecified atom stereocenters. The van der Waals surface area contributed by atoms with Crippen LogP contribution in [0.5, 0.6) is 0 Å². The van der Waals surface area contributed by atoms with E-state index in [-0.39, 0.29) is 24.8 Å². The Hall–Kier alpha value is -1.14. The third kappa shape index (κ3) is 9.90. The van der Waals surface area contributed by atoms with E-state index >= 15 is 0 Å². The van der Waals surface area contributed by atoms with Gasteiger partial charge in [0.15, 0.2) is 0 Å². The van der Waals surface area contributed by atoms with E-state index in [4.69, 9.17) is 0 Å². The molecule has 0 saturated carbocycles. The molecular weight excluding hydrogens is 498 g/mol. The van der Waals surface area contributed by atoms with E-state index in [1.54, 1.807) is 0 Å². The van der Waals surface area contributed by atoms with Crippen molar-refractivity contribution in [3.8, 4) is 0 Å². The van der Waals surface area contributed by atoms with E-state index in [1.165, 1.54) is 54.9 Å². The molecule has 3 aromatic rings. The van der Waals surface area contributed by atoms with Crippen molar-refractivity contribution in [2.45, 2.75) is 41.0 Å². The van der Waals surface area contributed by atoms with E-state index in [2.05, 4.69) is 114 Å². The van der Waals surface area contributed by atoms with Crippen LogP contribution in [0.15, 0.2) is 90.0 Å². The molecule has 0 aromatic heterocycles. The molecule has 0 heterocycles. The number of hydrogen-bond donors (Lipinski definition) is 0. The van der Waals surface area contributed by atoms with Gasteiger partial charge in [0, 0.05) is 0 Å². The molecule has 0 radical (unpaired) electrons. The largest absolute Gasteiger partial charge is 1.00 e. The summed E-state index contributed by atoms with van der Waals surface area (Å²) in [6, 6.07) is 25.1. The summed E-state index contributed by atoms with van der Waals surface area (Å²) in [6.07, 6.45) is 6.75. The minimum atomic E-state index is 0. The number of allylic oxidation sites excluding steroid dienone is 4. The fourth-order valence-electron chi connectivity index (χ4n) is 3.33. The van der Waals surface area contributed by atoms with Crippen molar-refractivity contribution in [3.05, 3.63) is 102 Å². The first kappa shape index (κ1) is 29.9. The molecule has 0 aliphatic heterocycles. The monoisotopic (exact) mass is 528 g/mol. The van der Waals surface area contributed by atoms with Gasteiger partial charge < -0.3 is 24.8 Å². The average molecular weight is 531 g/mol. The Morgan fingerprint density at radius 2 is 1.48 bits per heavy atom. The zero-order valence-electron chi connectivity index (χ0n) is 19.1. The maximum atomic E-state index is 3.41. The van der Waals surface area contributed by atoms with Crippen molar-refractivity contribution in [2.24, 2.45) is 11.8 Å². The molecule has 3 aromatic carbocycles. The van der Waals surface area contributed by atoms with Gasteiger partial charge in [0.05, 0.1) is 0 Å². The van der Waals surface area contributed by atoms with Crippen LogP contribution in [-0.2, 0) is 24.2 Å². The van der Waals surface area contributed by atoms with Gasteiger partial charge in [-0.3, -0.25) is 6.08 Å². The summed E-state index contributed by atoms with van der Waals surface area (Å²) < 4.78 is 1.46. The summed E-state index contributed by atoms with van der Waals surface area (Å²) in [5.41, 5.74) is 4.33. The smallest absolute Gasteiger partial charge is 0.0809 e. The summed E-state index contributed by atoms with van der Waals surface area (Å²) in [4.78, 5) is 0. The summed E-state index contributed by atoms with van der Waals surface area (Å²) in [5, 5.41) is 2.66. The normalized spacial score (nSPS) is 11.9. The second-order valence-corrected chi connectivity index (χ2v) is 9.75. The van der Waals surface area contributed by atoms with Gasteiger partial charge in [-0.1, -0.05) is 45.6 Å². The van der Waals surface area contributed by atoms with E-state index in [9.17, 15) is 0 Å². The van der Waals surface area contributed by atoms with Crippen LogP contribution in [0.4, 0.5) is 0 Å². The molecule has 0 spiro atoms. The Morgan fingerprint density at radius 1 is 0.871 bits per heavy atom. The number of fused-ring (bicyclic) bond motifs is 1. The first-order valence-corrected chi connectivity index (χ1v) is 11.6. The third-order valence-electron chi connectivity index (χ3n) is 4.88. The van der Waals surface area contributed by atoms with Crippen LogP contribution in [0, 0.1) is 17.9 Å². The van der Waals surface area contributed by atoms with Gasteiger partial charge >= 0.3 is 70.3 Å². The SMILES string of the molecule is CC(C)C1=[C-]CC=C1C(C)C.C[C](=[Zr+2])c1ccccc1.[Cl-].[Cl-].c1ccc2[cH-]ccc2c1. The fraction of sp³-hybridized carbons (Fsp3) is 0.286. The van der Waals surface area contributed by atoms with Gasteiger partial charge in [0.25, 0.3) is 0 Å². The molecule has 31 heavy (non-hydrogen) atoms. The predicted octanol–water partition coefficient (Wildman–Crippen LogP) is 1.70. The summed E-state index contributed by atoms with van der Waals surface area (Å²) >= 11 is 1.51. The Labute approximate surface area is 216 Å². The maximum Gasteiger partial charge on any atom is -0.0809 e. The Morgan fingerprint density at radius 3 is 1.97 bits per heavy atom. The van der Waals surface area contributed by atoms with Crippen LogP contribution in [0.2, 0.25) is 0 Å². The molecule has 0 atom stereocenters. The van der Waals surface area contributed by atoms with Crippen molar-refractivity contribution in [3.63, 3.8) is 0 Å². The van der Waals surface area contributed by atoms with Gasteiger partial charge in [-0.2, -0.15) is 29.2 Å². The van der Waals surface area contributed by atoms with Gasteiger partial charge in [0.2, 0.25) is 0 Å². The Bertz CT molecular complexity index is 911. The second-order valence-electron chi connectivity index (χ2n) is 7.91. The van der Waals surface area contributed by atoms with Crippen molar-refractivity contribution in [1.82, 2.24) is 0 Å². The molecule has 1 aliphatic carbocycles. The molecule has 0 amide bonds. The van der Waals surface area contributed by atoms with E-state index in [0.717, 1.165) is 6.42 Å². The first-order chi connectivity index (χ1) is 13.9. The van der Waals surface area contributed by atoms with Crippen LogP contribution in [-0.4, -0.2) is 3.21 Å². The van der Waals surface area contributed by atoms with E-state index in [0.29, 0.717) is 11.8 Å². The second kappa shape index (κ2) is 15.6. The van der Waals surface area contributed by atoms with Crippen molar-refractivity contribution < 1.29 is 49.0 Å². The molecule has 4 rings (SSSR count). The van der Waals surface area contributed by atoms with Crippen LogP contribution in [0.25, 0.3) is 10.8 Å². The third-order valence-corrected chi connectivity index (χ3v) is 5.59. The van der Waals surface area contributed by atoms with Crippen molar-refractivity contribution in [2.75, 3.05) is 0 Å². The van der Waals surface area contributed by atoms with Gasteiger partial charge in [0.1, 0.15) is 0 Å². The number of rotatable bonds is 3. The molecule has 3 heteroatoms. The quantitative estimate of drug-likeness (QED) is 0.453. The molecule has 1 aliphatic rings. The predicted molar refractivity (Wildman–Crippen MR) is 125 cm³/mol. The number of halogens is 2. The Balaban J connectivity index is 0.000000424. The van der Waals surface area contributed by atoms with E-state index < -0.39 is 0 Å².